The number of nitroso groups, excluding NO2 is 1. The monoisotopic (exact) mass is 158 g/mol. The van der Waals surface area contributed by atoms with Crippen LogP contribution in [0.15, 0.2) is 5.18 Å². The number of rotatable bonds is 5. The van der Waals surface area contributed by atoms with E-state index in [1.807, 2.05) is 11.9 Å². The van der Waals surface area contributed by atoms with Crippen molar-refractivity contribution in [2.24, 2.45) is 5.18 Å². The van der Waals surface area contributed by atoms with E-state index in [2.05, 4.69) is 12.1 Å². The van der Waals surface area contributed by atoms with Gasteiger partial charge in [-0.15, -0.1) is 4.91 Å². The van der Waals surface area contributed by atoms with Crippen LogP contribution in [0.5, 0.6) is 0 Å². The van der Waals surface area contributed by atoms with Gasteiger partial charge in [-0.1, -0.05) is 6.92 Å². The van der Waals surface area contributed by atoms with E-state index in [4.69, 9.17) is 0 Å². The minimum absolute atomic E-state index is 0.236. The van der Waals surface area contributed by atoms with Crippen molar-refractivity contribution in [3.8, 4) is 0 Å². The van der Waals surface area contributed by atoms with Gasteiger partial charge in [-0.25, -0.2) is 0 Å². The number of carbonyl (C=O) groups is 1. The maximum atomic E-state index is 10.4. The molecule has 4 heteroatoms. The Bertz CT molecular complexity index is 136. The Morgan fingerprint density at radius 3 is 2.55 bits per heavy atom. The lowest BCUT2D eigenvalue weighted by Gasteiger charge is -2.12. The first-order chi connectivity index (χ1) is 5.20. The summed E-state index contributed by atoms with van der Waals surface area (Å²) in [6.45, 7) is 3.64. The van der Waals surface area contributed by atoms with E-state index in [0.717, 1.165) is 13.0 Å². The fraction of sp³-hybridized carbons (Fsp3) is 0.857. The van der Waals surface area contributed by atoms with Gasteiger partial charge in [0.1, 0.15) is 0 Å². The van der Waals surface area contributed by atoms with Gasteiger partial charge in [0.15, 0.2) is 0 Å². The molecule has 64 valence electrons. The Balaban J connectivity index is 3.37. The van der Waals surface area contributed by atoms with Crippen molar-refractivity contribution in [2.45, 2.75) is 19.8 Å². The highest BCUT2D eigenvalue weighted by Crippen LogP contribution is 1.91. The van der Waals surface area contributed by atoms with Gasteiger partial charge in [-0.05, 0) is 20.0 Å². The van der Waals surface area contributed by atoms with E-state index in [9.17, 15) is 9.70 Å². The van der Waals surface area contributed by atoms with Gasteiger partial charge < -0.3 is 4.90 Å². The lowest BCUT2D eigenvalue weighted by molar-refractivity contribution is -0.118. The van der Waals surface area contributed by atoms with Crippen molar-refractivity contribution < 1.29 is 4.79 Å². The Morgan fingerprint density at radius 1 is 1.45 bits per heavy atom. The van der Waals surface area contributed by atoms with Crippen LogP contribution in [0.4, 0.5) is 0 Å². The molecule has 0 saturated heterocycles. The molecular formula is C7H14N2O2. The molecule has 11 heavy (non-hydrogen) atoms. The lowest BCUT2D eigenvalue weighted by Crippen LogP contribution is -2.21. The van der Waals surface area contributed by atoms with Gasteiger partial charge in [0.2, 0.25) is 0 Å². The number of hydrogen-bond donors (Lipinski definition) is 0. The second-order valence-electron chi connectivity index (χ2n) is 2.54. The highest BCUT2D eigenvalue weighted by Gasteiger charge is 2.02. The van der Waals surface area contributed by atoms with Crippen molar-refractivity contribution >= 4 is 5.91 Å². The van der Waals surface area contributed by atoms with Crippen LogP contribution in [-0.2, 0) is 4.79 Å². The number of carbonyl (C=O) groups excluding carboxylic acids is 1. The van der Waals surface area contributed by atoms with E-state index >= 15 is 0 Å². The average molecular weight is 158 g/mol. The summed E-state index contributed by atoms with van der Waals surface area (Å²) in [4.78, 5) is 22.1. The number of amides is 1. The smallest absolute Gasteiger partial charge is 0.287 e. The van der Waals surface area contributed by atoms with Gasteiger partial charge in [0.05, 0.1) is 0 Å². The highest BCUT2D eigenvalue weighted by atomic mass is 16.3. The molecule has 0 saturated carbocycles. The molecule has 0 N–H and O–H groups in total. The molecule has 0 bridgehead atoms. The van der Waals surface area contributed by atoms with Gasteiger partial charge in [-0.2, -0.15) is 0 Å². The van der Waals surface area contributed by atoms with Crippen LogP contribution >= 0.6 is 0 Å². The normalized spacial score (nSPS) is 10.1. The second-order valence-corrected chi connectivity index (χ2v) is 2.54. The maximum Gasteiger partial charge on any atom is 0.287 e. The summed E-state index contributed by atoms with van der Waals surface area (Å²) in [5, 5.41) is 2.30. The third kappa shape index (κ3) is 5.66. The van der Waals surface area contributed by atoms with E-state index in [1.165, 1.54) is 0 Å². The maximum absolute atomic E-state index is 10.4. The summed E-state index contributed by atoms with van der Waals surface area (Å²) in [5.41, 5.74) is 0. The summed E-state index contributed by atoms with van der Waals surface area (Å²) >= 11 is 0. The zero-order valence-electron chi connectivity index (χ0n) is 7.04. The molecule has 0 unspecified atom stereocenters. The van der Waals surface area contributed by atoms with Crippen molar-refractivity contribution in [3.63, 3.8) is 0 Å². The molecule has 0 aromatic rings. The van der Waals surface area contributed by atoms with Crippen molar-refractivity contribution in [2.75, 3.05) is 20.1 Å². The SMILES string of the molecule is CCCN(C)CCC(=O)N=O. The summed E-state index contributed by atoms with van der Waals surface area (Å²) in [7, 11) is 1.92. The van der Waals surface area contributed by atoms with E-state index in [1.54, 1.807) is 0 Å². The summed E-state index contributed by atoms with van der Waals surface area (Å²) in [6, 6.07) is 0. The van der Waals surface area contributed by atoms with Crippen LogP contribution in [0.25, 0.3) is 0 Å². The Labute approximate surface area is 66.5 Å². The predicted molar refractivity (Wildman–Crippen MR) is 43.2 cm³/mol. The van der Waals surface area contributed by atoms with Crippen molar-refractivity contribution in [1.29, 1.82) is 0 Å². The minimum atomic E-state index is -0.562. The van der Waals surface area contributed by atoms with E-state index < -0.39 is 5.91 Å². The molecular weight excluding hydrogens is 144 g/mol. The van der Waals surface area contributed by atoms with Gasteiger partial charge >= 0.3 is 0 Å². The van der Waals surface area contributed by atoms with Crippen LogP contribution in [0.1, 0.15) is 19.8 Å². The largest absolute Gasteiger partial charge is 0.306 e. The summed E-state index contributed by atoms with van der Waals surface area (Å²) in [6.07, 6.45) is 1.29. The Hall–Kier alpha value is -0.770. The minimum Gasteiger partial charge on any atom is -0.306 e. The number of hydrogen-bond acceptors (Lipinski definition) is 3. The average Bonchev–Trinajstić information content (AvgIpc) is 2.01. The molecule has 0 aliphatic heterocycles. The zero-order chi connectivity index (χ0) is 8.69. The third-order valence-electron chi connectivity index (χ3n) is 1.41. The molecule has 0 heterocycles. The Morgan fingerprint density at radius 2 is 2.09 bits per heavy atom. The lowest BCUT2D eigenvalue weighted by atomic mass is 10.3. The molecule has 0 radical (unpaired) electrons. The molecule has 0 aliphatic rings. The highest BCUT2D eigenvalue weighted by molar-refractivity contribution is 5.76. The molecule has 0 rings (SSSR count). The third-order valence-corrected chi connectivity index (χ3v) is 1.41. The molecule has 0 fully saturated rings. The van der Waals surface area contributed by atoms with Crippen LogP contribution in [0.3, 0.4) is 0 Å². The molecule has 0 spiro atoms. The van der Waals surface area contributed by atoms with Gasteiger partial charge in [0, 0.05) is 18.1 Å². The van der Waals surface area contributed by atoms with Gasteiger partial charge in [0.25, 0.3) is 5.91 Å². The quantitative estimate of drug-likeness (QED) is 0.561. The first-order valence-electron chi connectivity index (χ1n) is 3.75. The van der Waals surface area contributed by atoms with Crippen molar-refractivity contribution in [1.82, 2.24) is 4.90 Å². The Kier molecular flexibility index (Phi) is 5.56. The van der Waals surface area contributed by atoms with Crippen molar-refractivity contribution in [3.05, 3.63) is 4.91 Å². The first-order valence-corrected chi connectivity index (χ1v) is 3.75. The zero-order valence-corrected chi connectivity index (χ0v) is 7.04. The standard InChI is InChI=1S/C7H14N2O2/c1-3-5-9(2)6-4-7(10)8-11/h3-6H2,1-2H3. The fourth-order valence-corrected chi connectivity index (χ4v) is 0.826. The molecule has 0 atom stereocenters. The van der Waals surface area contributed by atoms with E-state index in [0.29, 0.717) is 6.54 Å². The molecule has 0 aromatic carbocycles. The summed E-state index contributed by atoms with van der Waals surface area (Å²) in [5.74, 6) is -0.562. The molecule has 4 nitrogen and oxygen atoms in total. The van der Waals surface area contributed by atoms with Crippen LogP contribution in [0, 0.1) is 4.91 Å². The number of nitrogens with zero attached hydrogens (tertiary/aromatic N) is 2. The van der Waals surface area contributed by atoms with Gasteiger partial charge in [-0.3, -0.25) is 4.79 Å². The molecule has 1 amide bonds. The van der Waals surface area contributed by atoms with Crippen LogP contribution in [-0.4, -0.2) is 30.9 Å². The van der Waals surface area contributed by atoms with Crippen LogP contribution < -0.4 is 0 Å². The topological polar surface area (TPSA) is 49.7 Å². The van der Waals surface area contributed by atoms with E-state index in [-0.39, 0.29) is 6.42 Å². The molecule has 0 aromatic heterocycles. The summed E-state index contributed by atoms with van der Waals surface area (Å²) < 4.78 is 0. The second kappa shape index (κ2) is 5.97. The first kappa shape index (κ1) is 10.2. The van der Waals surface area contributed by atoms with Crippen LogP contribution in [0.2, 0.25) is 0 Å². The fourth-order valence-electron chi connectivity index (χ4n) is 0.826. The molecule has 0 aliphatic carbocycles. The predicted octanol–water partition coefficient (Wildman–Crippen LogP) is 1.01.